The third-order valence-electron chi connectivity index (χ3n) is 4.25. The third kappa shape index (κ3) is 2.61. The Kier molecular flexibility index (Phi) is 3.38. The van der Waals surface area contributed by atoms with Gasteiger partial charge in [-0.05, 0) is 29.7 Å². The molecule has 5 heteroatoms. The molecule has 1 amide bonds. The monoisotopic (exact) mass is 304 g/mol. The second kappa shape index (κ2) is 5.68. The van der Waals surface area contributed by atoms with Gasteiger partial charge in [0.05, 0.1) is 0 Å². The normalized spacial score (nSPS) is 15.6. The molecule has 114 valence electrons. The van der Waals surface area contributed by atoms with E-state index in [1.54, 1.807) is 41.6 Å². The summed E-state index contributed by atoms with van der Waals surface area (Å²) in [5.74, 6) is 1.03. The maximum absolute atomic E-state index is 12.4. The molecule has 23 heavy (non-hydrogen) atoms. The highest BCUT2D eigenvalue weighted by Crippen LogP contribution is 2.34. The molecule has 1 unspecified atom stereocenters. The largest absolute Gasteiger partial charge is 0.351 e. The van der Waals surface area contributed by atoms with Crippen LogP contribution in [-0.2, 0) is 6.42 Å². The van der Waals surface area contributed by atoms with Crippen LogP contribution < -0.4 is 5.32 Å². The summed E-state index contributed by atoms with van der Waals surface area (Å²) in [4.78, 5) is 20.6. The van der Waals surface area contributed by atoms with Crippen molar-refractivity contribution in [1.29, 1.82) is 0 Å². The van der Waals surface area contributed by atoms with Gasteiger partial charge in [-0.3, -0.25) is 9.36 Å². The van der Waals surface area contributed by atoms with E-state index in [-0.39, 0.29) is 5.91 Å². The van der Waals surface area contributed by atoms with Crippen molar-refractivity contribution in [2.24, 2.45) is 0 Å². The highest BCUT2D eigenvalue weighted by atomic mass is 16.1. The van der Waals surface area contributed by atoms with E-state index in [0.29, 0.717) is 23.8 Å². The molecule has 0 saturated carbocycles. The van der Waals surface area contributed by atoms with Crippen molar-refractivity contribution in [2.75, 3.05) is 6.54 Å². The fraction of sp³-hybridized carbons (Fsp3) is 0.167. The highest BCUT2D eigenvalue weighted by Gasteiger charge is 2.25. The molecule has 0 spiro atoms. The molecule has 2 aromatic heterocycles. The number of hydrogen-bond acceptors (Lipinski definition) is 3. The molecule has 2 heterocycles. The standard InChI is InChI=1S/C18H16N4O/c23-18(21-11-15-9-13-3-1-2-4-16(13)15)14-5-6-20-17(10-14)22-8-7-19-12-22/h1-8,10,12,15H,9,11H2,(H,21,23). The molecule has 1 aromatic carbocycles. The maximum Gasteiger partial charge on any atom is 0.251 e. The lowest BCUT2D eigenvalue weighted by Gasteiger charge is -2.30. The molecule has 0 radical (unpaired) electrons. The number of fused-ring (bicyclic) bond motifs is 1. The van der Waals surface area contributed by atoms with E-state index in [9.17, 15) is 4.79 Å². The van der Waals surface area contributed by atoms with Crippen LogP contribution in [0.5, 0.6) is 0 Å². The second-order valence-corrected chi connectivity index (χ2v) is 5.68. The van der Waals surface area contributed by atoms with Gasteiger partial charge in [0.2, 0.25) is 0 Å². The average Bonchev–Trinajstić information content (AvgIpc) is 3.10. The Labute approximate surface area is 134 Å². The van der Waals surface area contributed by atoms with Crippen LogP contribution >= 0.6 is 0 Å². The van der Waals surface area contributed by atoms with Crippen LogP contribution in [0, 0.1) is 0 Å². The van der Waals surface area contributed by atoms with Crippen LogP contribution in [0.1, 0.15) is 27.4 Å². The van der Waals surface area contributed by atoms with E-state index < -0.39 is 0 Å². The predicted octanol–water partition coefficient (Wildman–Crippen LogP) is 2.34. The van der Waals surface area contributed by atoms with Crippen LogP contribution in [0.25, 0.3) is 5.82 Å². The molecular weight excluding hydrogens is 288 g/mol. The Morgan fingerprint density at radius 2 is 2.17 bits per heavy atom. The summed E-state index contributed by atoms with van der Waals surface area (Å²) in [6.45, 7) is 0.665. The van der Waals surface area contributed by atoms with Crippen molar-refractivity contribution >= 4 is 5.91 Å². The highest BCUT2D eigenvalue weighted by molar-refractivity contribution is 5.94. The minimum absolute atomic E-state index is 0.0712. The topological polar surface area (TPSA) is 59.8 Å². The van der Waals surface area contributed by atoms with Crippen LogP contribution in [0.3, 0.4) is 0 Å². The summed E-state index contributed by atoms with van der Waals surface area (Å²) in [6, 6.07) is 11.9. The minimum atomic E-state index is -0.0712. The van der Waals surface area contributed by atoms with E-state index in [4.69, 9.17) is 0 Å². The lowest BCUT2D eigenvalue weighted by molar-refractivity contribution is 0.0950. The van der Waals surface area contributed by atoms with Gasteiger partial charge in [0.25, 0.3) is 5.91 Å². The number of carbonyl (C=O) groups is 1. The van der Waals surface area contributed by atoms with Gasteiger partial charge < -0.3 is 5.32 Å². The Hall–Kier alpha value is -2.95. The number of aromatic nitrogens is 3. The number of nitrogens with zero attached hydrogens (tertiary/aromatic N) is 3. The van der Waals surface area contributed by atoms with Gasteiger partial charge >= 0.3 is 0 Å². The lowest BCUT2D eigenvalue weighted by Crippen LogP contribution is -2.33. The zero-order valence-corrected chi connectivity index (χ0v) is 12.5. The molecule has 1 aliphatic rings. The van der Waals surface area contributed by atoms with Crippen molar-refractivity contribution in [1.82, 2.24) is 19.9 Å². The van der Waals surface area contributed by atoms with E-state index in [1.807, 2.05) is 6.07 Å². The van der Waals surface area contributed by atoms with Crippen molar-refractivity contribution in [3.63, 3.8) is 0 Å². The minimum Gasteiger partial charge on any atom is -0.351 e. The predicted molar refractivity (Wildman–Crippen MR) is 86.6 cm³/mol. The molecule has 0 aliphatic heterocycles. The average molecular weight is 304 g/mol. The van der Waals surface area contributed by atoms with E-state index in [1.165, 1.54) is 11.1 Å². The number of rotatable bonds is 4. The smallest absolute Gasteiger partial charge is 0.251 e. The molecule has 4 rings (SSSR count). The molecular formula is C18H16N4O. The quantitative estimate of drug-likeness (QED) is 0.805. The number of nitrogens with one attached hydrogen (secondary N) is 1. The van der Waals surface area contributed by atoms with Gasteiger partial charge in [0, 0.05) is 36.6 Å². The van der Waals surface area contributed by atoms with Crippen molar-refractivity contribution in [3.8, 4) is 5.82 Å². The van der Waals surface area contributed by atoms with Crippen molar-refractivity contribution in [2.45, 2.75) is 12.3 Å². The molecule has 5 nitrogen and oxygen atoms in total. The zero-order valence-electron chi connectivity index (χ0n) is 12.5. The molecule has 1 aliphatic carbocycles. The van der Waals surface area contributed by atoms with Gasteiger partial charge in [-0.15, -0.1) is 0 Å². The van der Waals surface area contributed by atoms with E-state index >= 15 is 0 Å². The van der Waals surface area contributed by atoms with Crippen LogP contribution in [0.4, 0.5) is 0 Å². The SMILES string of the molecule is O=C(NCC1Cc2ccccc21)c1ccnc(-n2ccnc2)c1. The first-order valence-corrected chi connectivity index (χ1v) is 7.61. The van der Waals surface area contributed by atoms with Crippen LogP contribution in [0.2, 0.25) is 0 Å². The Morgan fingerprint density at radius 1 is 1.26 bits per heavy atom. The molecule has 0 saturated heterocycles. The summed E-state index contributed by atoms with van der Waals surface area (Å²) in [5.41, 5.74) is 3.34. The number of carbonyl (C=O) groups excluding carboxylic acids is 1. The first-order chi connectivity index (χ1) is 11.3. The fourth-order valence-electron chi connectivity index (χ4n) is 2.96. The second-order valence-electron chi connectivity index (χ2n) is 5.68. The first-order valence-electron chi connectivity index (χ1n) is 7.61. The van der Waals surface area contributed by atoms with Crippen LogP contribution in [-0.4, -0.2) is 27.0 Å². The molecule has 3 aromatic rings. The molecule has 0 bridgehead atoms. The zero-order chi connectivity index (χ0) is 15.6. The van der Waals surface area contributed by atoms with Gasteiger partial charge in [-0.1, -0.05) is 24.3 Å². The van der Waals surface area contributed by atoms with E-state index in [0.717, 1.165) is 6.42 Å². The van der Waals surface area contributed by atoms with E-state index in [2.05, 4.69) is 33.5 Å². The van der Waals surface area contributed by atoms with Gasteiger partial charge in [-0.25, -0.2) is 9.97 Å². The summed E-state index contributed by atoms with van der Waals surface area (Å²) < 4.78 is 1.78. The van der Waals surface area contributed by atoms with Gasteiger partial charge in [0.15, 0.2) is 0 Å². The van der Waals surface area contributed by atoms with Gasteiger partial charge in [-0.2, -0.15) is 0 Å². The third-order valence-corrected chi connectivity index (χ3v) is 4.25. The lowest BCUT2D eigenvalue weighted by atomic mass is 9.77. The van der Waals surface area contributed by atoms with Crippen molar-refractivity contribution in [3.05, 3.63) is 78.0 Å². The summed E-state index contributed by atoms with van der Waals surface area (Å²) in [7, 11) is 0. The Bertz CT molecular complexity index is 842. The number of hydrogen-bond donors (Lipinski definition) is 1. The number of imidazole rings is 1. The molecule has 0 fully saturated rings. The van der Waals surface area contributed by atoms with Crippen molar-refractivity contribution < 1.29 is 4.79 Å². The number of benzene rings is 1. The summed E-state index contributed by atoms with van der Waals surface area (Å²) in [6.07, 6.45) is 7.82. The molecule has 1 atom stereocenters. The molecule has 1 N–H and O–H groups in total. The summed E-state index contributed by atoms with van der Waals surface area (Å²) >= 11 is 0. The number of amides is 1. The van der Waals surface area contributed by atoms with Gasteiger partial charge in [0.1, 0.15) is 12.1 Å². The maximum atomic E-state index is 12.4. The van der Waals surface area contributed by atoms with Crippen LogP contribution in [0.15, 0.2) is 61.3 Å². The fourth-order valence-corrected chi connectivity index (χ4v) is 2.96. The first kappa shape index (κ1) is 13.7. The summed E-state index contributed by atoms with van der Waals surface area (Å²) in [5, 5.41) is 3.02. The Balaban J connectivity index is 1.43. The number of pyridine rings is 1. The Morgan fingerprint density at radius 3 is 3.00 bits per heavy atom.